The van der Waals surface area contributed by atoms with Crippen LogP contribution in [-0.4, -0.2) is 20.1 Å². The summed E-state index contributed by atoms with van der Waals surface area (Å²) in [5.74, 6) is 0. The summed E-state index contributed by atoms with van der Waals surface area (Å²) in [6.07, 6.45) is 4.88. The minimum absolute atomic E-state index is 0.297. The second kappa shape index (κ2) is 4.74. The van der Waals surface area contributed by atoms with Gasteiger partial charge in [0.05, 0.1) is 27.6 Å². The Morgan fingerprint density at radius 2 is 1.94 bits per heavy atom. The molecule has 0 saturated heterocycles. The zero-order valence-electron chi connectivity index (χ0n) is 8.01. The third-order valence-corrected chi connectivity index (χ3v) is 2.47. The van der Waals surface area contributed by atoms with E-state index in [2.05, 4.69) is 15.0 Å². The van der Waals surface area contributed by atoms with E-state index in [1.54, 1.807) is 0 Å². The van der Waals surface area contributed by atoms with Gasteiger partial charge in [-0.1, -0.05) is 23.2 Å². The van der Waals surface area contributed by atoms with Crippen molar-refractivity contribution >= 4 is 23.2 Å². The lowest BCUT2D eigenvalue weighted by Gasteiger charge is -2.10. The molecule has 82 valence electrons. The van der Waals surface area contributed by atoms with Gasteiger partial charge in [-0.05, 0) is 6.07 Å². The highest BCUT2D eigenvalue weighted by molar-refractivity contribution is 6.34. The molecule has 0 aliphatic heterocycles. The highest BCUT2D eigenvalue weighted by atomic mass is 35.5. The SMILES string of the molecule is OC(c1cnccn1)c1ncc(Cl)cc1Cl. The molecule has 1 atom stereocenters. The second-order valence-electron chi connectivity index (χ2n) is 3.05. The van der Waals surface area contributed by atoms with Crippen LogP contribution in [0, 0.1) is 0 Å². The number of aliphatic hydroxyl groups excluding tert-OH is 1. The van der Waals surface area contributed by atoms with E-state index in [0.717, 1.165) is 0 Å². The van der Waals surface area contributed by atoms with Gasteiger partial charge in [-0.25, -0.2) is 0 Å². The monoisotopic (exact) mass is 255 g/mol. The van der Waals surface area contributed by atoms with E-state index in [0.29, 0.717) is 21.4 Å². The molecule has 0 fully saturated rings. The van der Waals surface area contributed by atoms with Crippen molar-refractivity contribution in [3.63, 3.8) is 0 Å². The fourth-order valence-electron chi connectivity index (χ4n) is 1.22. The molecule has 1 N–H and O–H groups in total. The summed E-state index contributed by atoms with van der Waals surface area (Å²) in [6, 6.07) is 1.52. The number of halogens is 2. The van der Waals surface area contributed by atoms with Gasteiger partial charge in [0.15, 0.2) is 0 Å². The third-order valence-electron chi connectivity index (χ3n) is 1.96. The molecular weight excluding hydrogens is 249 g/mol. The Morgan fingerprint density at radius 3 is 2.56 bits per heavy atom. The first kappa shape index (κ1) is 11.3. The smallest absolute Gasteiger partial charge is 0.141 e. The van der Waals surface area contributed by atoms with Gasteiger partial charge in [-0.3, -0.25) is 15.0 Å². The summed E-state index contributed by atoms with van der Waals surface area (Å²) in [5, 5.41) is 10.7. The van der Waals surface area contributed by atoms with E-state index in [9.17, 15) is 5.11 Å². The number of pyridine rings is 1. The molecule has 0 spiro atoms. The van der Waals surface area contributed by atoms with Crippen LogP contribution in [0.1, 0.15) is 17.5 Å². The van der Waals surface area contributed by atoms with E-state index in [1.165, 1.54) is 30.9 Å². The zero-order valence-corrected chi connectivity index (χ0v) is 9.52. The van der Waals surface area contributed by atoms with Crippen molar-refractivity contribution in [2.24, 2.45) is 0 Å². The zero-order chi connectivity index (χ0) is 11.5. The fourth-order valence-corrected chi connectivity index (χ4v) is 1.70. The van der Waals surface area contributed by atoms with Crippen LogP contribution in [-0.2, 0) is 0 Å². The second-order valence-corrected chi connectivity index (χ2v) is 3.90. The molecule has 16 heavy (non-hydrogen) atoms. The Kier molecular flexibility index (Phi) is 3.33. The molecule has 2 heterocycles. The molecule has 0 amide bonds. The van der Waals surface area contributed by atoms with Gasteiger partial charge in [-0.2, -0.15) is 0 Å². The largest absolute Gasteiger partial charge is 0.380 e. The Morgan fingerprint density at radius 1 is 1.12 bits per heavy atom. The predicted octanol–water partition coefficient (Wildman–Crippen LogP) is 2.26. The summed E-state index contributed by atoms with van der Waals surface area (Å²) in [5.41, 5.74) is 0.700. The maximum atomic E-state index is 9.97. The van der Waals surface area contributed by atoms with Gasteiger partial charge in [-0.15, -0.1) is 0 Å². The van der Waals surface area contributed by atoms with E-state index < -0.39 is 6.10 Å². The van der Waals surface area contributed by atoms with E-state index >= 15 is 0 Å². The lowest BCUT2D eigenvalue weighted by Crippen LogP contribution is -2.05. The summed E-state index contributed by atoms with van der Waals surface area (Å²) >= 11 is 11.6. The Balaban J connectivity index is 2.38. The van der Waals surface area contributed by atoms with Crippen molar-refractivity contribution < 1.29 is 5.11 Å². The lowest BCUT2D eigenvalue weighted by atomic mass is 10.2. The van der Waals surface area contributed by atoms with Crippen LogP contribution in [0.5, 0.6) is 0 Å². The third kappa shape index (κ3) is 2.29. The number of aliphatic hydroxyl groups is 1. The first-order valence-electron chi connectivity index (χ1n) is 4.43. The highest BCUT2D eigenvalue weighted by Crippen LogP contribution is 2.26. The van der Waals surface area contributed by atoms with Crippen molar-refractivity contribution in [1.29, 1.82) is 0 Å². The summed E-state index contributed by atoms with van der Waals surface area (Å²) in [6.45, 7) is 0. The number of hydrogen-bond donors (Lipinski definition) is 1. The number of aromatic nitrogens is 3. The van der Waals surface area contributed by atoms with Crippen LogP contribution >= 0.6 is 23.2 Å². The molecule has 0 aliphatic rings. The van der Waals surface area contributed by atoms with Crippen LogP contribution in [0.15, 0.2) is 30.9 Å². The van der Waals surface area contributed by atoms with Gasteiger partial charge in [0, 0.05) is 18.6 Å². The number of hydrogen-bond acceptors (Lipinski definition) is 4. The Bertz CT molecular complexity index is 493. The van der Waals surface area contributed by atoms with Crippen LogP contribution in [0.25, 0.3) is 0 Å². The van der Waals surface area contributed by atoms with E-state index in [4.69, 9.17) is 23.2 Å². The van der Waals surface area contributed by atoms with Crippen LogP contribution in [0.4, 0.5) is 0 Å². The van der Waals surface area contributed by atoms with Gasteiger partial charge in [0.25, 0.3) is 0 Å². The molecule has 2 aromatic heterocycles. The van der Waals surface area contributed by atoms with Crippen molar-refractivity contribution in [3.05, 3.63) is 52.3 Å². The number of rotatable bonds is 2. The molecule has 0 aliphatic carbocycles. The Hall–Kier alpha value is -1.23. The summed E-state index contributed by atoms with van der Waals surface area (Å²) in [4.78, 5) is 11.8. The molecule has 1 unspecified atom stereocenters. The normalized spacial score (nSPS) is 12.4. The topological polar surface area (TPSA) is 58.9 Å². The maximum absolute atomic E-state index is 9.97. The Labute approximate surface area is 102 Å². The first-order chi connectivity index (χ1) is 7.68. The first-order valence-corrected chi connectivity index (χ1v) is 5.19. The highest BCUT2D eigenvalue weighted by Gasteiger charge is 2.17. The van der Waals surface area contributed by atoms with Crippen molar-refractivity contribution in [1.82, 2.24) is 15.0 Å². The minimum Gasteiger partial charge on any atom is -0.380 e. The number of nitrogens with zero attached hydrogens (tertiary/aromatic N) is 3. The maximum Gasteiger partial charge on any atom is 0.141 e. The average Bonchev–Trinajstić information content (AvgIpc) is 2.29. The van der Waals surface area contributed by atoms with Crippen molar-refractivity contribution in [2.75, 3.05) is 0 Å². The van der Waals surface area contributed by atoms with Gasteiger partial charge in [0.1, 0.15) is 6.10 Å². The minimum atomic E-state index is -1.00. The van der Waals surface area contributed by atoms with Gasteiger partial charge < -0.3 is 5.11 Å². The van der Waals surface area contributed by atoms with Gasteiger partial charge >= 0.3 is 0 Å². The summed E-state index contributed by atoms with van der Waals surface area (Å²) < 4.78 is 0. The molecule has 0 bridgehead atoms. The van der Waals surface area contributed by atoms with Crippen LogP contribution in [0.3, 0.4) is 0 Å². The summed E-state index contributed by atoms with van der Waals surface area (Å²) in [7, 11) is 0. The van der Waals surface area contributed by atoms with Crippen molar-refractivity contribution in [2.45, 2.75) is 6.10 Å². The molecule has 2 aromatic rings. The molecule has 0 radical (unpaired) electrons. The van der Waals surface area contributed by atoms with E-state index in [1.807, 2.05) is 0 Å². The molecule has 0 saturated carbocycles. The van der Waals surface area contributed by atoms with E-state index in [-0.39, 0.29) is 0 Å². The van der Waals surface area contributed by atoms with Crippen LogP contribution in [0.2, 0.25) is 10.0 Å². The fraction of sp³-hybridized carbons (Fsp3) is 0.100. The quantitative estimate of drug-likeness (QED) is 0.895. The molecule has 2 rings (SSSR count). The molecule has 4 nitrogen and oxygen atoms in total. The van der Waals surface area contributed by atoms with Crippen molar-refractivity contribution in [3.8, 4) is 0 Å². The molecule has 6 heteroatoms. The van der Waals surface area contributed by atoms with Gasteiger partial charge in [0.2, 0.25) is 0 Å². The molecule has 0 aromatic carbocycles. The van der Waals surface area contributed by atoms with Crippen LogP contribution < -0.4 is 0 Å². The predicted molar refractivity (Wildman–Crippen MR) is 60.4 cm³/mol. The lowest BCUT2D eigenvalue weighted by molar-refractivity contribution is 0.210. The standard InChI is InChI=1S/C10H7Cl2N3O/c11-6-3-7(12)9(15-4-6)10(16)8-5-13-1-2-14-8/h1-5,10,16H. The molecular formula is C10H7Cl2N3O. The average molecular weight is 256 g/mol.